The van der Waals surface area contributed by atoms with Gasteiger partial charge in [-0.3, -0.25) is 9.59 Å². The summed E-state index contributed by atoms with van der Waals surface area (Å²) >= 11 is 0. The quantitative estimate of drug-likeness (QED) is 0.776. The van der Waals surface area contributed by atoms with Gasteiger partial charge in [-0.05, 0) is 86.7 Å². The molecule has 0 aliphatic heterocycles. The van der Waals surface area contributed by atoms with Crippen molar-refractivity contribution in [2.45, 2.75) is 71.4 Å². The molecule has 0 saturated heterocycles. The predicted molar refractivity (Wildman–Crippen MR) is 111 cm³/mol. The number of hydrogen-bond acceptors (Lipinski definition) is 2. The summed E-state index contributed by atoms with van der Waals surface area (Å²) < 4.78 is 0. The highest BCUT2D eigenvalue weighted by atomic mass is 16.2. The van der Waals surface area contributed by atoms with Gasteiger partial charge in [-0.2, -0.15) is 0 Å². The van der Waals surface area contributed by atoms with E-state index in [0.717, 1.165) is 17.8 Å². The molecule has 152 valence electrons. The molecule has 2 unspecified atom stereocenters. The van der Waals surface area contributed by atoms with E-state index in [1.54, 1.807) is 12.1 Å². The van der Waals surface area contributed by atoms with Crippen LogP contribution in [0.15, 0.2) is 30.3 Å². The van der Waals surface area contributed by atoms with Crippen molar-refractivity contribution >= 4 is 11.8 Å². The Hall–Kier alpha value is -1.84. The average molecular weight is 383 g/mol. The first-order chi connectivity index (χ1) is 13.4. The van der Waals surface area contributed by atoms with Crippen LogP contribution < -0.4 is 10.6 Å². The SMILES string of the molecule is CC(C)C(NC(=O)c1ccccc1)C(=O)NC(C)C12CC3CC(CC(C3)C1)C2. The van der Waals surface area contributed by atoms with Crippen LogP contribution >= 0.6 is 0 Å². The Labute approximate surface area is 168 Å². The largest absolute Gasteiger partial charge is 0.351 e. The fraction of sp³-hybridized carbons (Fsp3) is 0.667. The van der Waals surface area contributed by atoms with Gasteiger partial charge in [0.15, 0.2) is 0 Å². The van der Waals surface area contributed by atoms with Crippen LogP contribution in [0.25, 0.3) is 0 Å². The van der Waals surface area contributed by atoms with E-state index in [4.69, 9.17) is 0 Å². The van der Waals surface area contributed by atoms with Crippen LogP contribution in [0.3, 0.4) is 0 Å². The first-order valence-corrected chi connectivity index (χ1v) is 11.0. The highest BCUT2D eigenvalue weighted by Gasteiger charge is 2.53. The van der Waals surface area contributed by atoms with Gasteiger partial charge >= 0.3 is 0 Å². The molecule has 4 saturated carbocycles. The number of amides is 2. The summed E-state index contributed by atoms with van der Waals surface area (Å²) in [5.74, 6) is 2.41. The zero-order chi connectivity index (χ0) is 19.9. The van der Waals surface area contributed by atoms with E-state index in [0.29, 0.717) is 5.56 Å². The monoisotopic (exact) mass is 382 g/mol. The Bertz CT molecular complexity index is 692. The Morgan fingerprint density at radius 2 is 1.43 bits per heavy atom. The van der Waals surface area contributed by atoms with Crippen molar-refractivity contribution in [3.05, 3.63) is 35.9 Å². The lowest BCUT2D eigenvalue weighted by molar-refractivity contribution is -0.128. The summed E-state index contributed by atoms with van der Waals surface area (Å²) in [4.78, 5) is 25.7. The van der Waals surface area contributed by atoms with E-state index in [1.807, 2.05) is 32.0 Å². The van der Waals surface area contributed by atoms with Gasteiger partial charge in [0.25, 0.3) is 5.91 Å². The van der Waals surface area contributed by atoms with Gasteiger partial charge in [0.1, 0.15) is 6.04 Å². The van der Waals surface area contributed by atoms with Gasteiger partial charge in [0, 0.05) is 11.6 Å². The Balaban J connectivity index is 1.42. The van der Waals surface area contributed by atoms with Gasteiger partial charge in [-0.1, -0.05) is 32.0 Å². The van der Waals surface area contributed by atoms with E-state index >= 15 is 0 Å². The van der Waals surface area contributed by atoms with E-state index in [1.165, 1.54) is 38.5 Å². The number of nitrogens with one attached hydrogen (secondary N) is 2. The summed E-state index contributed by atoms with van der Waals surface area (Å²) in [6.07, 6.45) is 8.01. The third-order valence-electron chi connectivity index (χ3n) is 7.63. The van der Waals surface area contributed by atoms with E-state index in [-0.39, 0.29) is 29.2 Å². The maximum absolute atomic E-state index is 13.1. The van der Waals surface area contributed by atoms with Gasteiger partial charge < -0.3 is 10.6 Å². The van der Waals surface area contributed by atoms with Crippen LogP contribution in [0.4, 0.5) is 0 Å². The molecule has 28 heavy (non-hydrogen) atoms. The molecule has 1 aromatic rings. The summed E-state index contributed by atoms with van der Waals surface area (Å²) in [6.45, 7) is 6.18. The summed E-state index contributed by atoms with van der Waals surface area (Å²) in [5.41, 5.74) is 0.866. The third-order valence-corrected chi connectivity index (χ3v) is 7.63. The van der Waals surface area contributed by atoms with Crippen molar-refractivity contribution in [3.63, 3.8) is 0 Å². The molecule has 0 aromatic heterocycles. The molecule has 0 radical (unpaired) electrons. The zero-order valence-corrected chi connectivity index (χ0v) is 17.4. The van der Waals surface area contributed by atoms with E-state index in [2.05, 4.69) is 17.6 Å². The van der Waals surface area contributed by atoms with Gasteiger partial charge in [0.05, 0.1) is 0 Å². The van der Waals surface area contributed by atoms with Crippen LogP contribution in [-0.4, -0.2) is 23.9 Å². The molecule has 4 bridgehead atoms. The van der Waals surface area contributed by atoms with Gasteiger partial charge in [-0.15, -0.1) is 0 Å². The molecular weight excluding hydrogens is 348 g/mol. The highest BCUT2D eigenvalue weighted by Crippen LogP contribution is 2.61. The van der Waals surface area contributed by atoms with Gasteiger partial charge in [-0.25, -0.2) is 0 Å². The second-order valence-corrected chi connectivity index (χ2v) is 10.1. The number of hydrogen-bond donors (Lipinski definition) is 2. The van der Waals surface area contributed by atoms with Crippen molar-refractivity contribution in [2.75, 3.05) is 0 Å². The normalized spacial score (nSPS) is 32.8. The van der Waals surface area contributed by atoms with Crippen molar-refractivity contribution in [1.29, 1.82) is 0 Å². The minimum absolute atomic E-state index is 0.0382. The minimum atomic E-state index is -0.510. The predicted octanol–water partition coefficient (Wildman–Crippen LogP) is 4.16. The molecular formula is C24H34N2O2. The van der Waals surface area contributed by atoms with E-state index in [9.17, 15) is 9.59 Å². The van der Waals surface area contributed by atoms with Crippen LogP contribution in [-0.2, 0) is 4.79 Å². The molecule has 1 aromatic carbocycles. The number of carbonyl (C=O) groups is 2. The van der Waals surface area contributed by atoms with E-state index < -0.39 is 6.04 Å². The first-order valence-electron chi connectivity index (χ1n) is 11.0. The van der Waals surface area contributed by atoms with Crippen LogP contribution in [0, 0.1) is 29.1 Å². The van der Waals surface area contributed by atoms with Crippen molar-refractivity contribution < 1.29 is 9.59 Å². The lowest BCUT2D eigenvalue weighted by Gasteiger charge is -2.59. The van der Waals surface area contributed by atoms with Crippen LogP contribution in [0.5, 0.6) is 0 Å². The summed E-state index contributed by atoms with van der Waals surface area (Å²) in [5, 5.41) is 6.28. The molecule has 2 amide bonds. The molecule has 0 heterocycles. The van der Waals surface area contributed by atoms with Crippen LogP contribution in [0.2, 0.25) is 0 Å². The lowest BCUT2D eigenvalue weighted by Crippen LogP contribution is -2.59. The number of carbonyl (C=O) groups excluding carboxylic acids is 2. The van der Waals surface area contributed by atoms with Crippen molar-refractivity contribution in [3.8, 4) is 0 Å². The fourth-order valence-electron chi connectivity index (χ4n) is 6.51. The topological polar surface area (TPSA) is 58.2 Å². The number of rotatable bonds is 6. The lowest BCUT2D eigenvalue weighted by atomic mass is 9.48. The molecule has 5 rings (SSSR count). The Morgan fingerprint density at radius 3 is 1.93 bits per heavy atom. The number of benzene rings is 1. The molecule has 4 aliphatic rings. The first kappa shape index (κ1) is 19.5. The molecule has 2 N–H and O–H groups in total. The molecule has 4 aliphatic carbocycles. The maximum Gasteiger partial charge on any atom is 0.251 e. The van der Waals surface area contributed by atoms with Crippen molar-refractivity contribution in [1.82, 2.24) is 10.6 Å². The summed E-state index contributed by atoms with van der Waals surface area (Å²) in [6, 6.07) is 8.79. The average Bonchev–Trinajstić information content (AvgIpc) is 2.65. The highest BCUT2D eigenvalue weighted by molar-refractivity contribution is 5.97. The molecule has 4 nitrogen and oxygen atoms in total. The molecule has 4 fully saturated rings. The second-order valence-electron chi connectivity index (χ2n) is 10.1. The molecule has 4 heteroatoms. The standard InChI is InChI=1S/C24H34N2O2/c1-15(2)21(26-22(27)20-7-5-4-6-8-20)23(28)25-16(3)24-12-17-9-18(13-24)11-19(10-17)14-24/h4-8,15-19,21H,9-14H2,1-3H3,(H,25,28)(H,26,27). The smallest absolute Gasteiger partial charge is 0.251 e. The third kappa shape index (κ3) is 3.70. The Kier molecular flexibility index (Phi) is 5.24. The maximum atomic E-state index is 13.1. The second kappa shape index (κ2) is 7.53. The fourth-order valence-corrected chi connectivity index (χ4v) is 6.51. The van der Waals surface area contributed by atoms with Gasteiger partial charge in [0.2, 0.25) is 5.91 Å². The molecule has 0 spiro atoms. The zero-order valence-electron chi connectivity index (χ0n) is 17.4. The van der Waals surface area contributed by atoms with Crippen molar-refractivity contribution in [2.24, 2.45) is 29.1 Å². The summed E-state index contributed by atoms with van der Waals surface area (Å²) in [7, 11) is 0. The molecule has 2 atom stereocenters. The Morgan fingerprint density at radius 1 is 0.893 bits per heavy atom. The minimum Gasteiger partial charge on any atom is -0.351 e. The van der Waals surface area contributed by atoms with Crippen LogP contribution in [0.1, 0.15) is 69.7 Å².